The van der Waals surface area contributed by atoms with Crippen molar-refractivity contribution < 1.29 is 14.3 Å². The molecule has 3 rings (SSSR count). The highest BCUT2D eigenvalue weighted by atomic mass is 16.5. The van der Waals surface area contributed by atoms with Crippen LogP contribution in [-0.2, 0) is 11.3 Å². The topological polar surface area (TPSA) is 70.7 Å². The number of nitrogens with zero attached hydrogens (tertiary/aromatic N) is 1. The summed E-state index contributed by atoms with van der Waals surface area (Å²) in [5.41, 5.74) is 2.17. The lowest BCUT2D eigenvalue weighted by molar-refractivity contribution is -0.117. The molecule has 0 radical (unpaired) electrons. The highest BCUT2D eigenvalue weighted by Crippen LogP contribution is 2.30. The Bertz CT molecular complexity index is 814. The third-order valence-corrected chi connectivity index (χ3v) is 4.52. The number of anilines is 1. The Hall–Kier alpha value is -2.86. The molecular formula is C22H27N3O3. The SMILES string of the molecule is CN(C)CCOc1ccc(CNC(=O)c2cccc(NC(=O)C3CC3)c2)cc1. The summed E-state index contributed by atoms with van der Waals surface area (Å²) in [6.45, 7) is 1.92. The zero-order chi connectivity index (χ0) is 19.9. The van der Waals surface area contributed by atoms with Gasteiger partial charge in [0, 0.05) is 30.3 Å². The smallest absolute Gasteiger partial charge is 0.251 e. The summed E-state index contributed by atoms with van der Waals surface area (Å²) in [7, 11) is 4.01. The van der Waals surface area contributed by atoms with Crippen molar-refractivity contribution in [2.24, 2.45) is 5.92 Å². The van der Waals surface area contributed by atoms with Crippen molar-refractivity contribution in [1.29, 1.82) is 0 Å². The van der Waals surface area contributed by atoms with Crippen molar-refractivity contribution in [3.05, 3.63) is 59.7 Å². The summed E-state index contributed by atoms with van der Waals surface area (Å²) >= 11 is 0. The second-order valence-corrected chi connectivity index (χ2v) is 7.32. The van der Waals surface area contributed by atoms with Crippen molar-refractivity contribution in [1.82, 2.24) is 10.2 Å². The Labute approximate surface area is 165 Å². The minimum Gasteiger partial charge on any atom is -0.492 e. The van der Waals surface area contributed by atoms with E-state index >= 15 is 0 Å². The fourth-order valence-corrected chi connectivity index (χ4v) is 2.66. The molecule has 6 nitrogen and oxygen atoms in total. The molecule has 148 valence electrons. The van der Waals surface area contributed by atoms with Gasteiger partial charge >= 0.3 is 0 Å². The molecule has 0 saturated heterocycles. The number of benzene rings is 2. The summed E-state index contributed by atoms with van der Waals surface area (Å²) < 4.78 is 5.67. The van der Waals surface area contributed by atoms with Crippen LogP contribution in [0.25, 0.3) is 0 Å². The number of likely N-dealkylation sites (N-methyl/N-ethyl adjacent to an activating group) is 1. The van der Waals surface area contributed by atoms with E-state index < -0.39 is 0 Å². The molecule has 0 atom stereocenters. The molecule has 0 spiro atoms. The molecular weight excluding hydrogens is 354 g/mol. The van der Waals surface area contributed by atoms with Gasteiger partial charge in [0.2, 0.25) is 5.91 Å². The number of hydrogen-bond acceptors (Lipinski definition) is 4. The summed E-state index contributed by atoms with van der Waals surface area (Å²) in [4.78, 5) is 26.4. The van der Waals surface area contributed by atoms with Crippen LogP contribution in [0, 0.1) is 5.92 Å². The molecule has 1 saturated carbocycles. The van der Waals surface area contributed by atoms with Gasteiger partial charge in [0.25, 0.3) is 5.91 Å². The molecule has 0 bridgehead atoms. The van der Waals surface area contributed by atoms with Crippen LogP contribution in [0.3, 0.4) is 0 Å². The van der Waals surface area contributed by atoms with E-state index in [1.165, 1.54) is 0 Å². The molecule has 1 fully saturated rings. The average molecular weight is 381 g/mol. The zero-order valence-electron chi connectivity index (χ0n) is 16.4. The molecule has 1 aliphatic carbocycles. The number of nitrogens with one attached hydrogen (secondary N) is 2. The molecule has 0 heterocycles. The van der Waals surface area contributed by atoms with Crippen LogP contribution in [0.1, 0.15) is 28.8 Å². The predicted octanol–water partition coefficient (Wildman–Crippen LogP) is 2.91. The molecule has 6 heteroatoms. The van der Waals surface area contributed by atoms with Crippen molar-refractivity contribution in [2.45, 2.75) is 19.4 Å². The van der Waals surface area contributed by atoms with Gasteiger partial charge in [-0.25, -0.2) is 0 Å². The van der Waals surface area contributed by atoms with Gasteiger partial charge in [0.15, 0.2) is 0 Å². The van der Waals surface area contributed by atoms with Crippen molar-refractivity contribution in [3.8, 4) is 5.75 Å². The Morgan fingerprint density at radius 3 is 2.54 bits per heavy atom. The van der Waals surface area contributed by atoms with Gasteiger partial charge < -0.3 is 20.3 Å². The molecule has 0 aromatic heterocycles. The maximum Gasteiger partial charge on any atom is 0.251 e. The second-order valence-electron chi connectivity index (χ2n) is 7.32. The Kier molecular flexibility index (Phi) is 6.66. The molecule has 0 unspecified atom stereocenters. The number of ether oxygens (including phenoxy) is 1. The molecule has 0 aliphatic heterocycles. The lowest BCUT2D eigenvalue weighted by Gasteiger charge is -2.11. The third kappa shape index (κ3) is 6.09. The Morgan fingerprint density at radius 1 is 1.11 bits per heavy atom. The van der Waals surface area contributed by atoms with Gasteiger partial charge in [-0.1, -0.05) is 18.2 Å². The van der Waals surface area contributed by atoms with Crippen LogP contribution >= 0.6 is 0 Å². The Balaban J connectivity index is 1.49. The van der Waals surface area contributed by atoms with E-state index in [0.717, 1.165) is 30.7 Å². The molecule has 28 heavy (non-hydrogen) atoms. The van der Waals surface area contributed by atoms with E-state index in [9.17, 15) is 9.59 Å². The van der Waals surface area contributed by atoms with Gasteiger partial charge in [0.1, 0.15) is 12.4 Å². The van der Waals surface area contributed by atoms with Gasteiger partial charge in [-0.15, -0.1) is 0 Å². The van der Waals surface area contributed by atoms with Crippen LogP contribution in [0.2, 0.25) is 0 Å². The fourth-order valence-electron chi connectivity index (χ4n) is 2.66. The summed E-state index contributed by atoms with van der Waals surface area (Å²) in [5.74, 6) is 0.808. The summed E-state index contributed by atoms with van der Waals surface area (Å²) in [6.07, 6.45) is 1.90. The summed E-state index contributed by atoms with van der Waals surface area (Å²) in [5, 5.41) is 5.78. The van der Waals surface area contributed by atoms with E-state index in [1.54, 1.807) is 24.3 Å². The van der Waals surface area contributed by atoms with Crippen LogP contribution in [0.5, 0.6) is 5.75 Å². The third-order valence-electron chi connectivity index (χ3n) is 4.52. The molecule has 2 aromatic carbocycles. The van der Waals surface area contributed by atoms with E-state index in [2.05, 4.69) is 15.5 Å². The highest BCUT2D eigenvalue weighted by Gasteiger charge is 2.29. The van der Waals surface area contributed by atoms with E-state index in [1.807, 2.05) is 38.4 Å². The van der Waals surface area contributed by atoms with Crippen LogP contribution in [0.4, 0.5) is 5.69 Å². The van der Waals surface area contributed by atoms with Crippen LogP contribution < -0.4 is 15.4 Å². The highest BCUT2D eigenvalue weighted by molar-refractivity contribution is 5.98. The lowest BCUT2D eigenvalue weighted by atomic mass is 10.1. The minimum atomic E-state index is -0.172. The first-order chi connectivity index (χ1) is 13.5. The monoisotopic (exact) mass is 381 g/mol. The maximum atomic E-state index is 12.4. The van der Waals surface area contributed by atoms with Crippen LogP contribution in [0.15, 0.2) is 48.5 Å². The number of carbonyl (C=O) groups is 2. The molecule has 1 aliphatic rings. The first kappa shape index (κ1) is 19.9. The van der Waals surface area contributed by atoms with Gasteiger partial charge in [-0.05, 0) is 62.8 Å². The Morgan fingerprint density at radius 2 is 1.86 bits per heavy atom. The van der Waals surface area contributed by atoms with Crippen molar-refractivity contribution in [2.75, 3.05) is 32.6 Å². The number of hydrogen-bond donors (Lipinski definition) is 2. The van der Waals surface area contributed by atoms with E-state index in [0.29, 0.717) is 24.4 Å². The first-order valence-electron chi connectivity index (χ1n) is 9.57. The second kappa shape index (κ2) is 9.37. The quantitative estimate of drug-likeness (QED) is 0.701. The molecule has 2 aromatic rings. The van der Waals surface area contributed by atoms with E-state index in [4.69, 9.17) is 4.74 Å². The fraction of sp³-hybridized carbons (Fsp3) is 0.364. The average Bonchev–Trinajstić information content (AvgIpc) is 3.52. The van der Waals surface area contributed by atoms with Crippen molar-refractivity contribution in [3.63, 3.8) is 0 Å². The van der Waals surface area contributed by atoms with E-state index in [-0.39, 0.29) is 17.7 Å². The minimum absolute atomic E-state index is 0.0328. The van der Waals surface area contributed by atoms with Gasteiger partial charge in [0.05, 0.1) is 0 Å². The maximum absolute atomic E-state index is 12.4. The number of amides is 2. The lowest BCUT2D eigenvalue weighted by Crippen LogP contribution is -2.23. The van der Waals surface area contributed by atoms with Crippen LogP contribution in [-0.4, -0.2) is 44.0 Å². The van der Waals surface area contributed by atoms with Crippen molar-refractivity contribution >= 4 is 17.5 Å². The normalized spacial score (nSPS) is 13.2. The predicted molar refractivity (Wildman–Crippen MR) is 109 cm³/mol. The number of carbonyl (C=O) groups excluding carboxylic acids is 2. The van der Waals surface area contributed by atoms with Gasteiger partial charge in [-0.3, -0.25) is 9.59 Å². The summed E-state index contributed by atoms with van der Waals surface area (Å²) in [6, 6.07) is 14.7. The first-order valence-corrected chi connectivity index (χ1v) is 9.57. The molecule has 2 amide bonds. The van der Waals surface area contributed by atoms with Gasteiger partial charge in [-0.2, -0.15) is 0 Å². The number of rotatable bonds is 9. The molecule has 2 N–H and O–H groups in total. The zero-order valence-corrected chi connectivity index (χ0v) is 16.4. The largest absolute Gasteiger partial charge is 0.492 e. The standard InChI is InChI=1S/C22H27N3O3/c1-25(2)12-13-28-20-10-6-16(7-11-20)15-23-21(26)18-4-3-5-19(14-18)24-22(27)17-8-9-17/h3-7,10-11,14,17H,8-9,12-13,15H2,1-2H3,(H,23,26)(H,24,27).